The number of aromatic nitrogens is 1. The van der Waals surface area contributed by atoms with Crippen LogP contribution in [-0.2, 0) is 0 Å². The van der Waals surface area contributed by atoms with Crippen molar-refractivity contribution in [3.8, 4) is 0 Å². The molecule has 0 N–H and O–H groups in total. The van der Waals surface area contributed by atoms with Gasteiger partial charge in [-0.1, -0.05) is 0 Å². The Bertz CT molecular complexity index is 513. The summed E-state index contributed by atoms with van der Waals surface area (Å²) in [7, 11) is 0. The topological polar surface area (TPSA) is 30.0 Å². The first-order valence-electron chi connectivity index (χ1n) is 3.90. The maximum absolute atomic E-state index is 10.5. The molecule has 0 fully saturated rings. The van der Waals surface area contributed by atoms with E-state index in [1.807, 2.05) is 12.1 Å². The van der Waals surface area contributed by atoms with Crippen molar-refractivity contribution in [2.75, 3.05) is 0 Å². The van der Waals surface area contributed by atoms with E-state index in [9.17, 15) is 4.79 Å². The molecule has 2 rings (SSSR count). The Balaban J connectivity index is 2.76. The summed E-state index contributed by atoms with van der Waals surface area (Å²) < 4.78 is 2.17. The quantitative estimate of drug-likeness (QED) is 0.575. The van der Waals surface area contributed by atoms with Crippen LogP contribution in [0.1, 0.15) is 10.5 Å². The van der Waals surface area contributed by atoms with Crippen LogP contribution in [0.2, 0.25) is 0 Å². The molecule has 2 aromatic rings. The Morgan fingerprint density at radius 1 is 1.29 bits per heavy atom. The van der Waals surface area contributed by atoms with Crippen LogP contribution in [0.15, 0.2) is 28.9 Å². The predicted octanol–water partition coefficient (Wildman–Crippen LogP) is 3.41. The Morgan fingerprint density at radius 3 is 2.79 bits per heavy atom. The summed E-state index contributed by atoms with van der Waals surface area (Å²) in [5, 5.41) is 2.07. The number of hydrogen-bond donors (Lipinski definition) is 0. The number of nitrogens with zero attached hydrogens (tertiary/aromatic N) is 1. The lowest BCUT2D eigenvalue weighted by Crippen LogP contribution is -1.87. The summed E-state index contributed by atoms with van der Waals surface area (Å²) in [5.41, 5.74) is 0.464. The van der Waals surface area contributed by atoms with Crippen molar-refractivity contribution in [3.63, 3.8) is 0 Å². The van der Waals surface area contributed by atoms with Crippen LogP contribution in [0, 0.1) is 3.57 Å². The molecule has 0 radical (unpaired) electrons. The molecule has 0 spiro atoms. The number of carbonyl (C=O) groups is 1. The molecule has 0 aliphatic heterocycles. The fourth-order valence-electron chi connectivity index (χ4n) is 1.22. The van der Waals surface area contributed by atoms with Gasteiger partial charge in [0.25, 0.3) is 0 Å². The Kier molecular flexibility index (Phi) is 2.83. The highest BCUT2D eigenvalue weighted by molar-refractivity contribution is 14.1. The number of carbonyl (C=O) groups excluding carboxylic acids is 1. The molecule has 0 aliphatic rings. The average Bonchev–Trinajstić information content (AvgIpc) is 2.19. The SMILES string of the molecule is O=Cc1cc2cc(Br)c(I)cc2cn1. The van der Waals surface area contributed by atoms with Crippen molar-refractivity contribution in [2.45, 2.75) is 0 Å². The van der Waals surface area contributed by atoms with Gasteiger partial charge in [-0.2, -0.15) is 0 Å². The first-order valence-corrected chi connectivity index (χ1v) is 5.78. The zero-order valence-electron chi connectivity index (χ0n) is 7.00. The number of aldehydes is 1. The van der Waals surface area contributed by atoms with E-state index in [4.69, 9.17) is 0 Å². The van der Waals surface area contributed by atoms with E-state index in [-0.39, 0.29) is 0 Å². The smallest absolute Gasteiger partial charge is 0.168 e. The first-order chi connectivity index (χ1) is 6.70. The van der Waals surface area contributed by atoms with Crippen molar-refractivity contribution in [3.05, 3.63) is 38.1 Å². The van der Waals surface area contributed by atoms with Gasteiger partial charge in [-0.25, -0.2) is 0 Å². The molecule has 1 aromatic carbocycles. The Hall–Kier alpha value is -0.490. The molecule has 0 aliphatic carbocycles. The highest BCUT2D eigenvalue weighted by Crippen LogP contribution is 2.25. The molecule has 70 valence electrons. The van der Waals surface area contributed by atoms with Crippen LogP contribution in [0.4, 0.5) is 0 Å². The van der Waals surface area contributed by atoms with Crippen molar-refractivity contribution >= 4 is 55.6 Å². The monoisotopic (exact) mass is 361 g/mol. The van der Waals surface area contributed by atoms with E-state index in [0.717, 1.165) is 25.1 Å². The molecule has 1 aromatic heterocycles. The van der Waals surface area contributed by atoms with Gasteiger partial charge in [0, 0.05) is 19.6 Å². The third-order valence-corrected chi connectivity index (χ3v) is 4.19. The maximum atomic E-state index is 10.5. The van der Waals surface area contributed by atoms with Crippen LogP contribution in [-0.4, -0.2) is 11.3 Å². The van der Waals surface area contributed by atoms with Gasteiger partial charge in [0.05, 0.1) is 0 Å². The van der Waals surface area contributed by atoms with E-state index < -0.39 is 0 Å². The minimum atomic E-state index is 0.464. The van der Waals surface area contributed by atoms with Crippen LogP contribution >= 0.6 is 38.5 Å². The Morgan fingerprint density at radius 2 is 2.07 bits per heavy atom. The standard InChI is InChI=1S/C10H5BrINO/c11-9-2-6-1-8(5-14)13-4-7(6)3-10(9)12/h1-5H. The molecule has 0 bridgehead atoms. The summed E-state index contributed by atoms with van der Waals surface area (Å²) in [6.45, 7) is 0. The minimum absolute atomic E-state index is 0.464. The molecule has 14 heavy (non-hydrogen) atoms. The third kappa shape index (κ3) is 1.81. The number of hydrogen-bond acceptors (Lipinski definition) is 2. The number of fused-ring (bicyclic) bond motifs is 1. The lowest BCUT2D eigenvalue weighted by molar-refractivity contribution is 0.111. The van der Waals surface area contributed by atoms with Gasteiger partial charge < -0.3 is 0 Å². The molecular formula is C10H5BrINO. The summed E-state index contributed by atoms with van der Waals surface area (Å²) in [6.07, 6.45) is 2.47. The van der Waals surface area contributed by atoms with Gasteiger partial charge >= 0.3 is 0 Å². The lowest BCUT2D eigenvalue weighted by Gasteiger charge is -2.01. The van der Waals surface area contributed by atoms with Gasteiger partial charge in [-0.05, 0) is 62.1 Å². The number of pyridine rings is 1. The van der Waals surface area contributed by atoms with Crippen molar-refractivity contribution in [1.82, 2.24) is 4.98 Å². The molecule has 1 heterocycles. The van der Waals surface area contributed by atoms with E-state index in [0.29, 0.717) is 5.69 Å². The second kappa shape index (κ2) is 3.94. The second-order valence-electron chi connectivity index (χ2n) is 2.84. The van der Waals surface area contributed by atoms with Crippen molar-refractivity contribution < 1.29 is 4.79 Å². The normalized spacial score (nSPS) is 10.4. The average molecular weight is 362 g/mol. The number of benzene rings is 1. The summed E-state index contributed by atoms with van der Waals surface area (Å²) in [4.78, 5) is 14.5. The molecule has 2 nitrogen and oxygen atoms in total. The Labute approximate surface area is 103 Å². The van der Waals surface area contributed by atoms with Gasteiger partial charge in [0.1, 0.15) is 5.69 Å². The van der Waals surface area contributed by atoms with E-state index in [1.165, 1.54) is 0 Å². The van der Waals surface area contributed by atoms with E-state index in [2.05, 4.69) is 43.5 Å². The number of halogens is 2. The fourth-order valence-corrected chi connectivity index (χ4v) is 2.07. The predicted molar refractivity (Wildman–Crippen MR) is 67.5 cm³/mol. The molecule has 0 saturated heterocycles. The maximum Gasteiger partial charge on any atom is 0.168 e. The zero-order valence-corrected chi connectivity index (χ0v) is 10.7. The fraction of sp³-hybridized carbons (Fsp3) is 0. The zero-order chi connectivity index (χ0) is 10.1. The van der Waals surface area contributed by atoms with Crippen LogP contribution in [0.25, 0.3) is 10.8 Å². The van der Waals surface area contributed by atoms with Gasteiger partial charge in [0.15, 0.2) is 6.29 Å². The lowest BCUT2D eigenvalue weighted by atomic mass is 10.1. The molecule has 0 saturated carbocycles. The van der Waals surface area contributed by atoms with Gasteiger partial charge in [-0.15, -0.1) is 0 Å². The molecule has 4 heteroatoms. The minimum Gasteiger partial charge on any atom is -0.296 e. The van der Waals surface area contributed by atoms with Crippen LogP contribution in [0.5, 0.6) is 0 Å². The van der Waals surface area contributed by atoms with Crippen LogP contribution < -0.4 is 0 Å². The molecule has 0 atom stereocenters. The number of rotatable bonds is 1. The highest BCUT2D eigenvalue weighted by atomic mass is 127. The molecule has 0 unspecified atom stereocenters. The largest absolute Gasteiger partial charge is 0.296 e. The van der Waals surface area contributed by atoms with Crippen LogP contribution in [0.3, 0.4) is 0 Å². The molecule has 0 amide bonds. The summed E-state index contributed by atoms with van der Waals surface area (Å²) in [6, 6.07) is 5.80. The highest BCUT2D eigenvalue weighted by Gasteiger charge is 2.01. The summed E-state index contributed by atoms with van der Waals surface area (Å²) >= 11 is 5.69. The van der Waals surface area contributed by atoms with E-state index in [1.54, 1.807) is 12.3 Å². The third-order valence-electron chi connectivity index (χ3n) is 1.90. The van der Waals surface area contributed by atoms with Gasteiger partial charge in [0.2, 0.25) is 0 Å². The van der Waals surface area contributed by atoms with Crippen molar-refractivity contribution in [1.29, 1.82) is 0 Å². The van der Waals surface area contributed by atoms with E-state index >= 15 is 0 Å². The summed E-state index contributed by atoms with van der Waals surface area (Å²) in [5.74, 6) is 0. The van der Waals surface area contributed by atoms with Gasteiger partial charge in [-0.3, -0.25) is 9.78 Å². The molecular weight excluding hydrogens is 357 g/mol. The van der Waals surface area contributed by atoms with Crippen molar-refractivity contribution in [2.24, 2.45) is 0 Å². The first kappa shape index (κ1) is 10.0. The second-order valence-corrected chi connectivity index (χ2v) is 4.86.